The van der Waals surface area contributed by atoms with Gasteiger partial charge in [-0.15, -0.1) is 0 Å². The molecule has 0 fully saturated rings. The molecular formula is C12H7BrFIN2O. The summed E-state index contributed by atoms with van der Waals surface area (Å²) in [4.78, 5) is 15.9. The van der Waals surface area contributed by atoms with E-state index in [4.69, 9.17) is 0 Å². The molecule has 1 amide bonds. The van der Waals surface area contributed by atoms with Crippen LogP contribution in [-0.4, -0.2) is 10.9 Å². The quantitative estimate of drug-likeness (QED) is 0.592. The number of carbonyl (C=O) groups is 1. The van der Waals surface area contributed by atoms with Crippen molar-refractivity contribution < 1.29 is 9.18 Å². The number of hydrogen-bond donors (Lipinski definition) is 1. The first-order valence-corrected chi connectivity index (χ1v) is 6.81. The van der Waals surface area contributed by atoms with Gasteiger partial charge in [-0.1, -0.05) is 0 Å². The topological polar surface area (TPSA) is 42.0 Å². The zero-order valence-corrected chi connectivity index (χ0v) is 12.7. The van der Waals surface area contributed by atoms with Gasteiger partial charge < -0.3 is 5.32 Å². The zero-order chi connectivity index (χ0) is 13.1. The van der Waals surface area contributed by atoms with Crippen LogP contribution in [-0.2, 0) is 0 Å². The number of carbonyl (C=O) groups excluding carboxylic acids is 1. The summed E-state index contributed by atoms with van der Waals surface area (Å²) < 4.78 is 14.2. The van der Waals surface area contributed by atoms with E-state index < -0.39 is 0 Å². The Bertz CT molecular complexity index is 589. The van der Waals surface area contributed by atoms with Crippen LogP contribution in [0.5, 0.6) is 0 Å². The number of nitrogens with zero attached hydrogens (tertiary/aromatic N) is 1. The summed E-state index contributed by atoms with van der Waals surface area (Å²) >= 11 is 5.16. The van der Waals surface area contributed by atoms with Gasteiger partial charge in [0, 0.05) is 9.77 Å². The summed E-state index contributed by atoms with van der Waals surface area (Å²) in [5.74, 6) is -0.609. The summed E-state index contributed by atoms with van der Waals surface area (Å²) in [5, 5.41) is 2.70. The Hall–Kier alpha value is -1.02. The van der Waals surface area contributed by atoms with Crippen molar-refractivity contribution in [3.63, 3.8) is 0 Å². The molecule has 6 heteroatoms. The predicted octanol–water partition coefficient (Wildman–Crippen LogP) is 3.84. The van der Waals surface area contributed by atoms with E-state index in [-0.39, 0.29) is 11.7 Å². The largest absolute Gasteiger partial charge is 0.321 e. The van der Waals surface area contributed by atoms with Crippen LogP contribution in [0.1, 0.15) is 10.4 Å². The lowest BCUT2D eigenvalue weighted by molar-refractivity contribution is 0.102. The van der Waals surface area contributed by atoms with Crippen LogP contribution in [0.25, 0.3) is 0 Å². The van der Waals surface area contributed by atoms with Crippen LogP contribution < -0.4 is 5.32 Å². The fraction of sp³-hybridized carbons (Fsp3) is 0. The molecule has 18 heavy (non-hydrogen) atoms. The summed E-state index contributed by atoms with van der Waals surface area (Å²) in [6, 6.07) is 7.53. The third-order valence-electron chi connectivity index (χ3n) is 2.17. The van der Waals surface area contributed by atoms with E-state index >= 15 is 0 Å². The third-order valence-corrected chi connectivity index (χ3v) is 3.53. The van der Waals surface area contributed by atoms with Crippen molar-refractivity contribution in [2.75, 3.05) is 5.32 Å². The number of benzene rings is 1. The molecule has 0 radical (unpaired) electrons. The van der Waals surface area contributed by atoms with E-state index in [2.05, 4.69) is 26.2 Å². The highest BCUT2D eigenvalue weighted by Gasteiger charge is 2.09. The number of aromatic nitrogens is 1. The lowest BCUT2D eigenvalue weighted by Gasteiger charge is -2.07. The molecular weight excluding hydrogens is 414 g/mol. The van der Waals surface area contributed by atoms with Crippen LogP contribution in [0.4, 0.5) is 10.1 Å². The Morgan fingerprint density at radius 1 is 1.33 bits per heavy atom. The van der Waals surface area contributed by atoms with E-state index in [1.54, 1.807) is 12.1 Å². The van der Waals surface area contributed by atoms with Gasteiger partial charge >= 0.3 is 0 Å². The van der Waals surface area contributed by atoms with Gasteiger partial charge in [-0.05, 0) is 68.9 Å². The Balaban J connectivity index is 2.18. The van der Waals surface area contributed by atoms with Gasteiger partial charge in [-0.2, -0.15) is 0 Å². The molecule has 0 aliphatic carbocycles. The fourth-order valence-corrected chi connectivity index (χ4v) is 2.14. The van der Waals surface area contributed by atoms with Crippen molar-refractivity contribution in [3.8, 4) is 0 Å². The number of halogens is 3. The molecule has 0 spiro atoms. The van der Waals surface area contributed by atoms with Crippen molar-refractivity contribution in [1.29, 1.82) is 0 Å². The first-order valence-electron chi connectivity index (χ1n) is 4.94. The van der Waals surface area contributed by atoms with Gasteiger partial charge in [0.25, 0.3) is 5.91 Å². The molecule has 2 aromatic rings. The minimum absolute atomic E-state index is 0.278. The lowest BCUT2D eigenvalue weighted by atomic mass is 10.2. The molecule has 1 aromatic carbocycles. The van der Waals surface area contributed by atoms with Gasteiger partial charge in [0.15, 0.2) is 0 Å². The highest BCUT2D eigenvalue weighted by atomic mass is 127. The Morgan fingerprint density at radius 3 is 2.72 bits per heavy atom. The summed E-state index contributed by atoms with van der Waals surface area (Å²) in [6.45, 7) is 0. The molecule has 2 rings (SSSR count). The van der Waals surface area contributed by atoms with Crippen LogP contribution in [0.15, 0.2) is 41.1 Å². The lowest BCUT2D eigenvalue weighted by Crippen LogP contribution is -2.13. The SMILES string of the molecule is O=C(Nc1ccc(F)cc1I)c1ccc(Br)nc1. The number of nitrogens with one attached hydrogen (secondary N) is 1. The normalized spacial score (nSPS) is 10.2. The summed E-state index contributed by atoms with van der Waals surface area (Å²) in [7, 11) is 0. The molecule has 1 aromatic heterocycles. The zero-order valence-electron chi connectivity index (χ0n) is 8.95. The van der Waals surface area contributed by atoms with E-state index in [0.29, 0.717) is 19.4 Å². The van der Waals surface area contributed by atoms with Crippen molar-refractivity contribution in [1.82, 2.24) is 4.98 Å². The third kappa shape index (κ3) is 3.26. The second-order valence-corrected chi connectivity index (χ2v) is 5.42. The predicted molar refractivity (Wildman–Crippen MR) is 79.0 cm³/mol. The van der Waals surface area contributed by atoms with Crippen molar-refractivity contribution in [2.24, 2.45) is 0 Å². The molecule has 3 nitrogen and oxygen atoms in total. The minimum Gasteiger partial charge on any atom is -0.321 e. The van der Waals surface area contributed by atoms with Crippen molar-refractivity contribution >= 4 is 50.1 Å². The Morgan fingerprint density at radius 2 is 2.11 bits per heavy atom. The van der Waals surface area contributed by atoms with Crippen LogP contribution in [0.2, 0.25) is 0 Å². The number of pyridine rings is 1. The second kappa shape index (κ2) is 5.75. The maximum atomic E-state index is 12.9. The van der Waals surface area contributed by atoms with E-state index in [1.807, 2.05) is 22.6 Å². The monoisotopic (exact) mass is 420 g/mol. The number of anilines is 1. The van der Waals surface area contributed by atoms with Crippen LogP contribution in [0, 0.1) is 9.39 Å². The number of hydrogen-bond acceptors (Lipinski definition) is 2. The molecule has 1 heterocycles. The fourth-order valence-electron chi connectivity index (χ4n) is 1.30. The van der Waals surface area contributed by atoms with Gasteiger partial charge in [-0.3, -0.25) is 4.79 Å². The molecule has 92 valence electrons. The highest BCUT2D eigenvalue weighted by molar-refractivity contribution is 14.1. The number of rotatable bonds is 2. The van der Waals surface area contributed by atoms with Crippen molar-refractivity contribution in [3.05, 3.63) is 56.1 Å². The molecule has 0 unspecified atom stereocenters. The van der Waals surface area contributed by atoms with E-state index in [1.165, 1.54) is 24.4 Å². The second-order valence-electron chi connectivity index (χ2n) is 3.45. The Kier molecular flexibility index (Phi) is 4.28. The Labute approximate surface area is 125 Å². The molecule has 1 N–H and O–H groups in total. The molecule has 0 saturated heterocycles. The molecule has 0 atom stereocenters. The van der Waals surface area contributed by atoms with Gasteiger partial charge in [0.05, 0.1) is 11.3 Å². The molecule has 0 bridgehead atoms. The smallest absolute Gasteiger partial charge is 0.257 e. The summed E-state index contributed by atoms with van der Waals surface area (Å²) in [5.41, 5.74) is 1.02. The first kappa shape index (κ1) is 13.4. The van der Waals surface area contributed by atoms with Gasteiger partial charge in [0.1, 0.15) is 10.4 Å². The summed E-state index contributed by atoms with van der Waals surface area (Å²) in [6.07, 6.45) is 1.47. The molecule has 0 aliphatic heterocycles. The van der Waals surface area contributed by atoms with Crippen molar-refractivity contribution in [2.45, 2.75) is 0 Å². The van der Waals surface area contributed by atoms with Gasteiger partial charge in [-0.25, -0.2) is 9.37 Å². The standard InChI is InChI=1S/C12H7BrFIN2O/c13-11-4-1-7(6-16-11)12(18)17-10-3-2-8(14)5-9(10)15/h1-6H,(H,17,18). The van der Waals surface area contributed by atoms with E-state index in [9.17, 15) is 9.18 Å². The first-order chi connectivity index (χ1) is 8.56. The minimum atomic E-state index is -0.331. The van der Waals surface area contributed by atoms with E-state index in [0.717, 1.165) is 0 Å². The maximum Gasteiger partial charge on any atom is 0.257 e. The van der Waals surface area contributed by atoms with Gasteiger partial charge in [0.2, 0.25) is 0 Å². The van der Waals surface area contributed by atoms with Crippen LogP contribution in [0.3, 0.4) is 0 Å². The highest BCUT2D eigenvalue weighted by Crippen LogP contribution is 2.19. The molecule has 0 saturated carbocycles. The average molecular weight is 421 g/mol. The number of amides is 1. The van der Waals surface area contributed by atoms with Crippen LogP contribution >= 0.6 is 38.5 Å². The molecule has 0 aliphatic rings. The average Bonchev–Trinajstić information content (AvgIpc) is 2.33. The maximum absolute atomic E-state index is 12.9.